The lowest BCUT2D eigenvalue weighted by molar-refractivity contribution is -0.170. The number of rotatable bonds is 13. The van der Waals surface area contributed by atoms with Gasteiger partial charge in [0.15, 0.2) is 10.8 Å². The molecule has 10 nitrogen and oxygen atoms in total. The molecule has 138 valence electrons. The van der Waals surface area contributed by atoms with Crippen molar-refractivity contribution >= 4 is 23.9 Å². The highest BCUT2D eigenvalue weighted by atomic mass is 16.4. The number of aliphatic carboxylic acids is 4. The largest absolute Gasteiger partial charge is 0.480 e. The van der Waals surface area contributed by atoms with Gasteiger partial charge in [-0.25, -0.2) is 0 Å². The minimum Gasteiger partial charge on any atom is -0.480 e. The Labute approximate surface area is 137 Å². The zero-order valence-electron chi connectivity index (χ0n) is 13.0. The maximum absolute atomic E-state index is 11.0. The van der Waals surface area contributed by atoms with Crippen LogP contribution in [0.15, 0.2) is 0 Å². The molecule has 0 heterocycles. The van der Waals surface area contributed by atoms with E-state index in [1.807, 2.05) is 0 Å². The second-order valence-electron chi connectivity index (χ2n) is 5.62. The molecule has 24 heavy (non-hydrogen) atoms. The molecule has 0 rings (SSSR count). The molecular formula is C14H22O10. The highest BCUT2D eigenvalue weighted by Crippen LogP contribution is 2.28. The fourth-order valence-electron chi connectivity index (χ4n) is 2.25. The lowest BCUT2D eigenvalue weighted by Crippen LogP contribution is -2.43. The van der Waals surface area contributed by atoms with Crippen LogP contribution in [0.25, 0.3) is 0 Å². The van der Waals surface area contributed by atoms with Gasteiger partial charge in [-0.2, -0.15) is 0 Å². The van der Waals surface area contributed by atoms with Crippen molar-refractivity contribution in [1.29, 1.82) is 0 Å². The molecule has 0 fully saturated rings. The second-order valence-corrected chi connectivity index (χ2v) is 5.62. The van der Waals surface area contributed by atoms with Crippen LogP contribution in [-0.4, -0.2) is 67.7 Å². The number of carboxylic acid groups (broad SMARTS) is 4. The molecule has 0 radical (unpaired) electrons. The Kier molecular flexibility index (Phi) is 8.34. The molecule has 0 atom stereocenters. The van der Waals surface area contributed by atoms with E-state index in [1.165, 1.54) is 0 Å². The normalized spacial score (nSPS) is 11.9. The quantitative estimate of drug-likeness (QED) is 0.188. The molecule has 0 bridgehead atoms. The summed E-state index contributed by atoms with van der Waals surface area (Å²) in [5, 5.41) is 54.0. The van der Waals surface area contributed by atoms with Gasteiger partial charge in [-0.15, -0.1) is 0 Å². The molecular weight excluding hydrogens is 328 g/mol. The molecule has 6 N–H and O–H groups in total. The van der Waals surface area contributed by atoms with E-state index in [0.29, 0.717) is 12.8 Å². The second kappa shape index (κ2) is 9.18. The maximum Gasteiger partial charge on any atom is 0.323 e. The number of aliphatic hydroxyl groups is 2. The molecule has 0 saturated heterocycles. The maximum atomic E-state index is 11.0. The summed E-state index contributed by atoms with van der Waals surface area (Å²) in [5.74, 6) is -6.58. The number of unbranched alkanes of at least 4 members (excludes halogenated alkanes) is 3. The Morgan fingerprint density at radius 3 is 0.958 bits per heavy atom. The molecule has 0 aliphatic rings. The van der Waals surface area contributed by atoms with E-state index in [1.54, 1.807) is 0 Å². The Bertz CT molecular complexity index is 412. The van der Waals surface area contributed by atoms with Crippen LogP contribution in [0.4, 0.5) is 0 Å². The third-order valence-corrected chi connectivity index (χ3v) is 4.13. The molecule has 0 amide bonds. The van der Waals surface area contributed by atoms with E-state index in [2.05, 4.69) is 0 Å². The smallest absolute Gasteiger partial charge is 0.323 e. The van der Waals surface area contributed by atoms with E-state index >= 15 is 0 Å². The van der Waals surface area contributed by atoms with E-state index in [9.17, 15) is 19.2 Å². The van der Waals surface area contributed by atoms with Crippen molar-refractivity contribution in [3.8, 4) is 0 Å². The fourth-order valence-corrected chi connectivity index (χ4v) is 2.25. The SMILES string of the molecule is O=C(O)C(CO)(CCCCCCC(CO)(C(=O)O)C(=O)O)C(=O)O. The number of carbonyl (C=O) groups is 4. The molecule has 0 unspecified atom stereocenters. The summed E-state index contributed by atoms with van der Waals surface area (Å²) in [6.07, 6.45) is 0.317. The first kappa shape index (κ1) is 21.8. The predicted octanol–water partition coefficient (Wildman–Crippen LogP) is -0.377. The summed E-state index contributed by atoms with van der Waals surface area (Å²) >= 11 is 0. The van der Waals surface area contributed by atoms with Crippen LogP contribution in [0.5, 0.6) is 0 Å². The third kappa shape index (κ3) is 4.65. The van der Waals surface area contributed by atoms with Gasteiger partial charge in [0.25, 0.3) is 0 Å². The summed E-state index contributed by atoms with van der Waals surface area (Å²) in [5.41, 5.74) is -4.56. The van der Waals surface area contributed by atoms with Crippen LogP contribution >= 0.6 is 0 Å². The lowest BCUT2D eigenvalue weighted by atomic mass is 9.81. The minimum absolute atomic E-state index is 0.144. The molecule has 0 aromatic rings. The Balaban J connectivity index is 4.50. The first-order chi connectivity index (χ1) is 11.1. The van der Waals surface area contributed by atoms with Gasteiger partial charge >= 0.3 is 23.9 Å². The van der Waals surface area contributed by atoms with Crippen molar-refractivity contribution in [2.75, 3.05) is 13.2 Å². The first-order valence-electron chi connectivity index (χ1n) is 7.26. The topological polar surface area (TPSA) is 190 Å². The molecule has 0 aromatic carbocycles. The minimum atomic E-state index is -2.28. The summed E-state index contributed by atoms with van der Waals surface area (Å²) < 4.78 is 0. The standard InChI is InChI=1S/C14H22O10/c15-7-13(9(17)18,10(19)20)5-3-1-2-4-6-14(8-16,11(21)22)12(23)24/h15-16H,1-8H2,(H,17,18)(H,19,20)(H,21,22)(H,23,24). The summed E-state index contributed by atoms with van der Waals surface area (Å²) in [6, 6.07) is 0. The van der Waals surface area contributed by atoms with Crippen LogP contribution in [0.1, 0.15) is 38.5 Å². The third-order valence-electron chi connectivity index (χ3n) is 4.13. The van der Waals surface area contributed by atoms with Gasteiger partial charge in [0.1, 0.15) is 0 Å². The monoisotopic (exact) mass is 350 g/mol. The zero-order valence-corrected chi connectivity index (χ0v) is 13.0. The van der Waals surface area contributed by atoms with E-state index in [-0.39, 0.29) is 25.7 Å². The van der Waals surface area contributed by atoms with Crippen molar-refractivity contribution in [3.63, 3.8) is 0 Å². The van der Waals surface area contributed by atoms with Crippen molar-refractivity contribution < 1.29 is 49.8 Å². The van der Waals surface area contributed by atoms with Gasteiger partial charge in [0.2, 0.25) is 0 Å². The summed E-state index contributed by atoms with van der Waals surface area (Å²) in [7, 11) is 0. The van der Waals surface area contributed by atoms with Gasteiger partial charge < -0.3 is 30.6 Å². The predicted molar refractivity (Wildman–Crippen MR) is 77.3 cm³/mol. The highest BCUT2D eigenvalue weighted by molar-refractivity contribution is 5.98. The van der Waals surface area contributed by atoms with Gasteiger partial charge in [0.05, 0.1) is 13.2 Å². The van der Waals surface area contributed by atoms with Crippen molar-refractivity contribution in [2.24, 2.45) is 10.8 Å². The number of carboxylic acids is 4. The first-order valence-corrected chi connectivity index (χ1v) is 7.26. The Morgan fingerprint density at radius 1 is 0.542 bits per heavy atom. The number of hydrogen-bond donors (Lipinski definition) is 6. The Hall–Kier alpha value is -2.20. The van der Waals surface area contributed by atoms with Crippen molar-refractivity contribution in [3.05, 3.63) is 0 Å². The molecule has 0 aliphatic carbocycles. The van der Waals surface area contributed by atoms with E-state index in [4.69, 9.17) is 30.6 Å². The molecule has 0 saturated carbocycles. The van der Waals surface area contributed by atoms with Gasteiger partial charge in [-0.05, 0) is 12.8 Å². The van der Waals surface area contributed by atoms with Crippen LogP contribution in [0.2, 0.25) is 0 Å². The molecule has 10 heteroatoms. The Morgan fingerprint density at radius 2 is 0.792 bits per heavy atom. The number of aliphatic hydroxyl groups excluding tert-OH is 2. The van der Waals surface area contributed by atoms with Gasteiger partial charge in [-0.3, -0.25) is 19.2 Å². The lowest BCUT2D eigenvalue weighted by Gasteiger charge is -2.23. The van der Waals surface area contributed by atoms with Crippen LogP contribution in [0.3, 0.4) is 0 Å². The number of hydrogen-bond acceptors (Lipinski definition) is 6. The summed E-state index contributed by atoms with van der Waals surface area (Å²) in [6.45, 7) is -2.10. The van der Waals surface area contributed by atoms with Gasteiger partial charge in [0, 0.05) is 0 Å². The highest BCUT2D eigenvalue weighted by Gasteiger charge is 2.46. The van der Waals surface area contributed by atoms with Crippen molar-refractivity contribution in [2.45, 2.75) is 38.5 Å². The van der Waals surface area contributed by atoms with E-state index < -0.39 is 47.9 Å². The van der Waals surface area contributed by atoms with E-state index in [0.717, 1.165) is 0 Å². The molecule has 0 aliphatic heterocycles. The van der Waals surface area contributed by atoms with Crippen LogP contribution in [0, 0.1) is 10.8 Å². The average molecular weight is 350 g/mol. The van der Waals surface area contributed by atoms with Crippen LogP contribution < -0.4 is 0 Å². The van der Waals surface area contributed by atoms with Crippen LogP contribution in [-0.2, 0) is 19.2 Å². The average Bonchev–Trinajstić information content (AvgIpc) is 2.49. The zero-order chi connectivity index (χ0) is 19.0. The summed E-state index contributed by atoms with van der Waals surface area (Å²) in [4.78, 5) is 44.1. The fraction of sp³-hybridized carbons (Fsp3) is 0.714. The molecule has 0 aromatic heterocycles. The molecule has 0 spiro atoms. The van der Waals surface area contributed by atoms with Crippen molar-refractivity contribution in [1.82, 2.24) is 0 Å². The van der Waals surface area contributed by atoms with Gasteiger partial charge in [-0.1, -0.05) is 25.7 Å².